The number of alkyl halides is 1. The Morgan fingerprint density at radius 1 is 1.31 bits per heavy atom. The Bertz CT molecular complexity index is 480. The van der Waals surface area contributed by atoms with Crippen LogP contribution in [0.1, 0.15) is 5.56 Å². The molecule has 0 bridgehead atoms. The SMILES string of the molecule is N#CC1C=C(c2ccccc2)C=CC1(N)Cl. The lowest BCUT2D eigenvalue weighted by Crippen LogP contribution is -2.39. The second-order valence-corrected chi connectivity index (χ2v) is 4.41. The zero-order valence-corrected chi connectivity index (χ0v) is 9.35. The van der Waals surface area contributed by atoms with Crippen molar-refractivity contribution in [2.75, 3.05) is 0 Å². The number of hydrogen-bond donors (Lipinski definition) is 1. The summed E-state index contributed by atoms with van der Waals surface area (Å²) in [5, 5.41) is 9.00. The lowest BCUT2D eigenvalue weighted by Gasteiger charge is -2.25. The van der Waals surface area contributed by atoms with Crippen molar-refractivity contribution in [1.82, 2.24) is 0 Å². The van der Waals surface area contributed by atoms with Crippen LogP contribution in [-0.4, -0.2) is 5.00 Å². The molecule has 1 aromatic rings. The van der Waals surface area contributed by atoms with Crippen molar-refractivity contribution < 1.29 is 0 Å². The quantitative estimate of drug-likeness (QED) is 0.596. The van der Waals surface area contributed by atoms with E-state index >= 15 is 0 Å². The van der Waals surface area contributed by atoms with Crippen LogP contribution in [0.3, 0.4) is 0 Å². The smallest absolute Gasteiger partial charge is 0.129 e. The van der Waals surface area contributed by atoms with Gasteiger partial charge in [0, 0.05) is 0 Å². The average molecular weight is 231 g/mol. The van der Waals surface area contributed by atoms with Gasteiger partial charge < -0.3 is 5.73 Å². The van der Waals surface area contributed by atoms with Gasteiger partial charge in [0.15, 0.2) is 0 Å². The molecule has 0 saturated carbocycles. The van der Waals surface area contributed by atoms with E-state index in [4.69, 9.17) is 22.6 Å². The molecule has 16 heavy (non-hydrogen) atoms. The van der Waals surface area contributed by atoms with Crippen LogP contribution >= 0.6 is 11.6 Å². The number of nitrogens with zero attached hydrogens (tertiary/aromatic N) is 1. The number of rotatable bonds is 1. The summed E-state index contributed by atoms with van der Waals surface area (Å²) in [5.74, 6) is -0.505. The molecule has 2 atom stereocenters. The summed E-state index contributed by atoms with van der Waals surface area (Å²) in [4.78, 5) is -1.09. The second kappa shape index (κ2) is 4.13. The summed E-state index contributed by atoms with van der Waals surface area (Å²) in [6, 6.07) is 11.9. The van der Waals surface area contributed by atoms with Gasteiger partial charge in [-0.05, 0) is 17.2 Å². The summed E-state index contributed by atoms with van der Waals surface area (Å²) in [6.45, 7) is 0. The Morgan fingerprint density at radius 3 is 2.62 bits per heavy atom. The third-order valence-corrected chi connectivity index (χ3v) is 2.95. The highest BCUT2D eigenvalue weighted by Gasteiger charge is 2.31. The van der Waals surface area contributed by atoms with Gasteiger partial charge in [0.1, 0.15) is 10.9 Å². The molecule has 0 amide bonds. The fourth-order valence-corrected chi connectivity index (χ4v) is 1.82. The fraction of sp³-hybridized carbons (Fsp3) is 0.154. The van der Waals surface area contributed by atoms with Gasteiger partial charge in [0.2, 0.25) is 0 Å². The number of allylic oxidation sites excluding steroid dienone is 2. The molecule has 2 nitrogen and oxygen atoms in total. The minimum absolute atomic E-state index is 0.505. The summed E-state index contributed by atoms with van der Waals surface area (Å²) in [5.41, 5.74) is 7.83. The second-order valence-electron chi connectivity index (χ2n) is 3.76. The molecular weight excluding hydrogens is 220 g/mol. The van der Waals surface area contributed by atoms with E-state index in [0.29, 0.717) is 0 Å². The minimum atomic E-state index is -1.09. The molecule has 0 spiro atoms. The largest absolute Gasteiger partial charge is 0.308 e. The van der Waals surface area contributed by atoms with E-state index in [-0.39, 0.29) is 0 Å². The monoisotopic (exact) mass is 230 g/mol. The van der Waals surface area contributed by atoms with Gasteiger partial charge in [0.25, 0.3) is 0 Å². The third-order valence-electron chi connectivity index (χ3n) is 2.59. The van der Waals surface area contributed by atoms with E-state index in [0.717, 1.165) is 11.1 Å². The van der Waals surface area contributed by atoms with E-state index < -0.39 is 10.9 Å². The van der Waals surface area contributed by atoms with Crippen molar-refractivity contribution in [2.24, 2.45) is 11.7 Å². The van der Waals surface area contributed by atoms with Crippen molar-refractivity contribution in [3.05, 3.63) is 54.1 Å². The predicted molar refractivity (Wildman–Crippen MR) is 65.4 cm³/mol. The van der Waals surface area contributed by atoms with E-state index in [9.17, 15) is 0 Å². The summed E-state index contributed by atoms with van der Waals surface area (Å²) in [7, 11) is 0. The number of benzene rings is 1. The number of nitriles is 1. The Labute approximate surface area is 99.6 Å². The van der Waals surface area contributed by atoms with Gasteiger partial charge in [-0.25, -0.2) is 0 Å². The van der Waals surface area contributed by atoms with Crippen molar-refractivity contribution in [1.29, 1.82) is 5.26 Å². The molecular formula is C13H11ClN2. The molecule has 3 heteroatoms. The summed E-state index contributed by atoms with van der Waals surface area (Å²) in [6.07, 6.45) is 5.34. The number of nitrogens with two attached hydrogens (primary N) is 1. The van der Waals surface area contributed by atoms with Crippen LogP contribution in [0.5, 0.6) is 0 Å². The van der Waals surface area contributed by atoms with Crippen LogP contribution < -0.4 is 5.73 Å². The number of halogens is 1. The highest BCUT2D eigenvalue weighted by Crippen LogP contribution is 2.31. The first-order valence-electron chi connectivity index (χ1n) is 4.97. The van der Waals surface area contributed by atoms with Crippen molar-refractivity contribution in [3.63, 3.8) is 0 Å². The molecule has 0 aliphatic heterocycles. The van der Waals surface area contributed by atoms with Crippen LogP contribution in [0.2, 0.25) is 0 Å². The Balaban J connectivity index is 2.38. The molecule has 0 fully saturated rings. The molecule has 1 aliphatic carbocycles. The first-order valence-corrected chi connectivity index (χ1v) is 5.35. The number of hydrogen-bond acceptors (Lipinski definition) is 2. The van der Waals surface area contributed by atoms with Crippen LogP contribution in [-0.2, 0) is 0 Å². The molecule has 0 radical (unpaired) electrons. The summed E-state index contributed by atoms with van der Waals surface area (Å²) >= 11 is 6.01. The zero-order valence-electron chi connectivity index (χ0n) is 8.60. The van der Waals surface area contributed by atoms with Crippen LogP contribution in [0.25, 0.3) is 5.57 Å². The molecule has 2 unspecified atom stereocenters. The predicted octanol–water partition coefficient (Wildman–Crippen LogP) is 2.67. The van der Waals surface area contributed by atoms with Crippen LogP contribution in [0.15, 0.2) is 48.6 Å². The first kappa shape index (κ1) is 10.9. The minimum Gasteiger partial charge on any atom is -0.308 e. The first-order chi connectivity index (χ1) is 7.63. The van der Waals surface area contributed by atoms with E-state index in [1.807, 2.05) is 42.5 Å². The molecule has 0 saturated heterocycles. The highest BCUT2D eigenvalue weighted by molar-refractivity contribution is 6.25. The lowest BCUT2D eigenvalue weighted by atomic mass is 9.89. The van der Waals surface area contributed by atoms with E-state index in [2.05, 4.69) is 6.07 Å². The maximum Gasteiger partial charge on any atom is 0.129 e. The molecule has 1 aliphatic rings. The third kappa shape index (κ3) is 2.01. The molecule has 2 rings (SSSR count). The Hall–Kier alpha value is -1.56. The normalized spacial score (nSPS) is 28.3. The molecule has 2 N–H and O–H groups in total. The van der Waals surface area contributed by atoms with E-state index in [1.54, 1.807) is 6.08 Å². The highest BCUT2D eigenvalue weighted by atomic mass is 35.5. The standard InChI is InChI=1S/C13H11ClN2/c14-13(16)7-6-11(8-12(13)9-15)10-4-2-1-3-5-10/h1-8,12H,16H2. The molecule has 1 aromatic carbocycles. The van der Waals surface area contributed by atoms with Crippen molar-refractivity contribution in [2.45, 2.75) is 5.00 Å². The fourth-order valence-electron chi connectivity index (χ4n) is 1.64. The Morgan fingerprint density at radius 2 is 2.00 bits per heavy atom. The van der Waals surface area contributed by atoms with Gasteiger partial charge in [-0.15, -0.1) is 0 Å². The van der Waals surface area contributed by atoms with Crippen LogP contribution in [0, 0.1) is 17.2 Å². The topological polar surface area (TPSA) is 49.8 Å². The lowest BCUT2D eigenvalue weighted by molar-refractivity contribution is 0.630. The molecule has 0 aromatic heterocycles. The van der Waals surface area contributed by atoms with Gasteiger partial charge in [0.05, 0.1) is 6.07 Å². The van der Waals surface area contributed by atoms with Crippen molar-refractivity contribution >= 4 is 17.2 Å². The maximum atomic E-state index is 9.00. The van der Waals surface area contributed by atoms with Gasteiger partial charge in [-0.1, -0.05) is 54.1 Å². The Kier molecular flexibility index (Phi) is 2.82. The average Bonchev–Trinajstić information content (AvgIpc) is 2.30. The van der Waals surface area contributed by atoms with Crippen LogP contribution in [0.4, 0.5) is 0 Å². The molecule has 0 heterocycles. The molecule has 80 valence electrons. The van der Waals surface area contributed by atoms with Gasteiger partial charge in [-0.3, -0.25) is 0 Å². The maximum absolute atomic E-state index is 9.00. The van der Waals surface area contributed by atoms with Gasteiger partial charge >= 0.3 is 0 Å². The zero-order chi connectivity index (χ0) is 11.6. The van der Waals surface area contributed by atoms with E-state index in [1.165, 1.54) is 0 Å². The van der Waals surface area contributed by atoms with Crippen molar-refractivity contribution in [3.8, 4) is 6.07 Å². The summed E-state index contributed by atoms with van der Waals surface area (Å²) < 4.78 is 0. The van der Waals surface area contributed by atoms with Gasteiger partial charge in [-0.2, -0.15) is 5.26 Å².